The van der Waals surface area contributed by atoms with Gasteiger partial charge in [-0.2, -0.15) is 13.2 Å². The van der Waals surface area contributed by atoms with Crippen LogP contribution in [0.2, 0.25) is 0 Å². The number of nitrogens with zero attached hydrogens (tertiary/aromatic N) is 2. The number of rotatable bonds is 8. The Morgan fingerprint density at radius 3 is 2.57 bits per heavy atom. The number of halogens is 4. The Balaban J connectivity index is 1.11. The monoisotopic (exact) mass is 763 g/mol. The number of thiazole rings is 1. The summed E-state index contributed by atoms with van der Waals surface area (Å²) in [7, 11) is 0. The number of hydrogen-bond donors (Lipinski definition) is 1. The van der Waals surface area contributed by atoms with E-state index in [4.69, 9.17) is 9.57 Å². The van der Waals surface area contributed by atoms with Crippen molar-refractivity contribution in [2.24, 2.45) is 17.3 Å². The maximum absolute atomic E-state index is 14.5. The highest BCUT2D eigenvalue weighted by Crippen LogP contribution is 2.57. The minimum atomic E-state index is -4.47. The van der Waals surface area contributed by atoms with Gasteiger partial charge in [-0.05, 0) is 79.5 Å². The number of hydrogen-bond acceptors (Lipinski definition) is 7. The summed E-state index contributed by atoms with van der Waals surface area (Å²) in [6, 6.07) is 17.7. The van der Waals surface area contributed by atoms with Crippen molar-refractivity contribution < 1.29 is 41.5 Å². The molecule has 3 aromatic carbocycles. The van der Waals surface area contributed by atoms with Crippen molar-refractivity contribution in [1.82, 2.24) is 15.4 Å². The van der Waals surface area contributed by atoms with Gasteiger partial charge >= 0.3 is 6.18 Å². The molecule has 2 amide bonds. The molecule has 1 saturated carbocycles. The Hall–Kier alpha value is -4.62. The van der Waals surface area contributed by atoms with Crippen molar-refractivity contribution in [3.63, 3.8) is 0 Å². The molecule has 284 valence electrons. The molecule has 0 radical (unpaired) electrons. The second kappa shape index (κ2) is 16.0. The highest BCUT2D eigenvalue weighted by Gasteiger charge is 2.61. The summed E-state index contributed by atoms with van der Waals surface area (Å²) in [5.74, 6) is -1.86. The number of alkyl halides is 3. The summed E-state index contributed by atoms with van der Waals surface area (Å²) < 4.78 is 59.8. The molecule has 13 heteroatoms. The van der Waals surface area contributed by atoms with E-state index in [-0.39, 0.29) is 55.3 Å². The molecule has 3 heterocycles. The van der Waals surface area contributed by atoms with Gasteiger partial charge in [0.05, 0.1) is 40.4 Å². The predicted octanol–water partition coefficient (Wildman–Crippen LogP) is 8.40. The quantitative estimate of drug-likeness (QED) is 0.110. The number of aromatic nitrogens is 1. The van der Waals surface area contributed by atoms with Crippen LogP contribution in [0.25, 0.3) is 10.2 Å². The van der Waals surface area contributed by atoms with Gasteiger partial charge in [0.15, 0.2) is 5.78 Å². The standard InChI is InChI=1S/C41H41F4N3O5S/c42-31-17-18-33-36(20-31)54-39(46-33)53-32-21-34-35(49)23-40(38(51)47-52-25-27-13-15-29(16-14-27)41(43,44)45)22-30(40)12-8-3-1-2-7-11-28(37(50)48(34)24-32)19-26-9-5-4-6-10-26/h4-6,8-10,12-18,20,28,30,32,34H,1-3,7,11,19,21-25H2,(H,47,51)/b12-8-/t28-,30+,32-,34+,40-/m1/s1. The molecular formula is C41H41F4N3O5S. The molecule has 3 aliphatic rings. The molecule has 1 saturated heterocycles. The lowest BCUT2D eigenvalue weighted by molar-refractivity contribution is -0.145. The van der Waals surface area contributed by atoms with E-state index in [2.05, 4.69) is 16.5 Å². The second-order valence-corrected chi connectivity index (χ2v) is 15.5. The van der Waals surface area contributed by atoms with Gasteiger partial charge in [-0.3, -0.25) is 19.2 Å². The average Bonchev–Trinajstić information content (AvgIpc) is 3.44. The molecule has 7 rings (SSSR count). The van der Waals surface area contributed by atoms with E-state index in [9.17, 15) is 31.9 Å². The van der Waals surface area contributed by atoms with Gasteiger partial charge in [-0.1, -0.05) is 78.8 Å². The first-order valence-corrected chi connectivity index (χ1v) is 19.1. The highest BCUT2D eigenvalue weighted by molar-refractivity contribution is 7.20. The van der Waals surface area contributed by atoms with Crippen LogP contribution in [0.3, 0.4) is 0 Å². The van der Waals surface area contributed by atoms with E-state index in [1.165, 1.54) is 35.6 Å². The first-order valence-electron chi connectivity index (χ1n) is 18.3. The first-order chi connectivity index (χ1) is 26.0. The zero-order valence-electron chi connectivity index (χ0n) is 29.5. The smallest absolute Gasteiger partial charge is 0.416 e. The van der Waals surface area contributed by atoms with Crippen molar-refractivity contribution >= 4 is 39.2 Å². The van der Waals surface area contributed by atoms with Gasteiger partial charge in [0, 0.05) is 18.8 Å². The molecule has 1 aliphatic carbocycles. The predicted molar refractivity (Wildman–Crippen MR) is 195 cm³/mol. The fourth-order valence-corrected chi connectivity index (χ4v) is 8.58. The van der Waals surface area contributed by atoms with Gasteiger partial charge in [-0.25, -0.2) is 14.9 Å². The summed E-state index contributed by atoms with van der Waals surface area (Å²) in [5.41, 5.74) is 2.62. The highest BCUT2D eigenvalue weighted by atomic mass is 32.1. The Morgan fingerprint density at radius 1 is 1.00 bits per heavy atom. The van der Waals surface area contributed by atoms with Gasteiger partial charge in [0.1, 0.15) is 11.9 Å². The third-order valence-corrected chi connectivity index (χ3v) is 11.7. The maximum Gasteiger partial charge on any atom is 0.416 e. The van der Waals surface area contributed by atoms with Crippen LogP contribution in [-0.4, -0.2) is 46.2 Å². The minimum absolute atomic E-state index is 0.131. The molecule has 4 aromatic rings. The molecule has 0 spiro atoms. The number of ketones is 1. The first kappa shape index (κ1) is 37.7. The third kappa shape index (κ3) is 8.68. The van der Waals surface area contributed by atoms with Crippen LogP contribution in [0.1, 0.15) is 68.1 Å². The van der Waals surface area contributed by atoms with Crippen molar-refractivity contribution in [3.05, 3.63) is 107 Å². The molecule has 5 atom stereocenters. The van der Waals surface area contributed by atoms with E-state index >= 15 is 0 Å². The number of carbonyl (C=O) groups is 3. The van der Waals surface area contributed by atoms with Crippen LogP contribution >= 0.6 is 11.3 Å². The van der Waals surface area contributed by atoms with Gasteiger partial charge in [0.25, 0.3) is 11.1 Å². The lowest BCUT2D eigenvalue weighted by Gasteiger charge is -2.29. The number of allylic oxidation sites excluding steroid dienone is 2. The Kier molecular flexibility index (Phi) is 11.2. The van der Waals surface area contributed by atoms with Crippen molar-refractivity contribution in [2.75, 3.05) is 6.54 Å². The van der Waals surface area contributed by atoms with E-state index in [1.807, 2.05) is 36.4 Å². The summed E-state index contributed by atoms with van der Waals surface area (Å²) in [6.07, 6.45) is 4.15. The molecule has 2 fully saturated rings. The summed E-state index contributed by atoms with van der Waals surface area (Å²) in [5, 5.41) is 0.317. The van der Waals surface area contributed by atoms with E-state index in [0.29, 0.717) is 40.2 Å². The SMILES string of the molecule is O=C1C[C@]2(C(=O)NOCc3ccc(C(F)(F)F)cc3)C[C@@H]2/C=C\CCCCC[C@H](Cc2ccccc2)C(=O)N2C[C@H](Oc3nc4ccc(F)cc4s3)C[C@@H]12. The number of carbonyl (C=O) groups excluding carboxylic acids is 3. The van der Waals surface area contributed by atoms with E-state index in [1.54, 1.807) is 11.0 Å². The fourth-order valence-electron chi connectivity index (χ4n) is 7.67. The Morgan fingerprint density at radius 2 is 1.80 bits per heavy atom. The van der Waals surface area contributed by atoms with E-state index in [0.717, 1.165) is 43.4 Å². The molecule has 1 N–H and O–H groups in total. The fraction of sp³-hybridized carbons (Fsp3) is 0.415. The van der Waals surface area contributed by atoms with Crippen molar-refractivity contribution in [1.29, 1.82) is 0 Å². The molecule has 8 nitrogen and oxygen atoms in total. The van der Waals surface area contributed by atoms with Gasteiger partial charge < -0.3 is 9.64 Å². The number of Topliss-reactive ketones (excluding diaryl/α,β-unsaturated/α-hetero) is 1. The van der Waals surface area contributed by atoms with Crippen LogP contribution in [-0.2, 0) is 38.4 Å². The molecule has 0 bridgehead atoms. The minimum Gasteiger partial charge on any atom is -0.465 e. The van der Waals surface area contributed by atoms with Crippen LogP contribution in [0.15, 0.2) is 84.9 Å². The van der Waals surface area contributed by atoms with E-state index < -0.39 is 35.2 Å². The van der Waals surface area contributed by atoms with Crippen LogP contribution in [0, 0.1) is 23.1 Å². The lowest BCUT2D eigenvalue weighted by atomic mass is 9.90. The largest absolute Gasteiger partial charge is 0.465 e. The summed E-state index contributed by atoms with van der Waals surface area (Å²) in [4.78, 5) is 54.4. The Labute approximate surface area is 314 Å². The lowest BCUT2D eigenvalue weighted by Crippen LogP contribution is -2.46. The number of benzene rings is 3. The van der Waals surface area contributed by atoms with Crippen LogP contribution in [0.4, 0.5) is 17.6 Å². The number of nitrogens with one attached hydrogen (secondary N) is 1. The van der Waals surface area contributed by atoms with Gasteiger partial charge in [0.2, 0.25) is 5.91 Å². The molecule has 2 aliphatic heterocycles. The normalized spacial score (nSPS) is 25.7. The maximum atomic E-state index is 14.5. The third-order valence-electron chi connectivity index (χ3n) is 10.7. The number of amides is 2. The molecule has 54 heavy (non-hydrogen) atoms. The molecular weight excluding hydrogens is 723 g/mol. The summed E-state index contributed by atoms with van der Waals surface area (Å²) in [6.45, 7) is -0.0108. The molecule has 1 aromatic heterocycles. The van der Waals surface area contributed by atoms with Crippen molar-refractivity contribution in [2.45, 2.75) is 82.7 Å². The number of fused-ring (bicyclic) bond motifs is 3. The van der Waals surface area contributed by atoms with Crippen molar-refractivity contribution in [3.8, 4) is 5.19 Å². The van der Waals surface area contributed by atoms with Crippen LogP contribution < -0.4 is 10.2 Å². The average molecular weight is 764 g/mol. The molecule has 0 unspecified atom stereocenters. The zero-order chi connectivity index (χ0) is 37.9. The second-order valence-electron chi connectivity index (χ2n) is 14.6. The number of ether oxygens (including phenoxy) is 1. The summed E-state index contributed by atoms with van der Waals surface area (Å²) >= 11 is 1.19. The zero-order valence-corrected chi connectivity index (χ0v) is 30.3. The van der Waals surface area contributed by atoms with Crippen LogP contribution in [0.5, 0.6) is 5.19 Å². The topological polar surface area (TPSA) is 97.8 Å². The van der Waals surface area contributed by atoms with Gasteiger partial charge in [-0.15, -0.1) is 0 Å². The number of hydroxylamine groups is 1. The Bertz CT molecular complexity index is 2000.